The molecule has 1 unspecified atom stereocenters. The Morgan fingerprint density at radius 3 is 2.95 bits per heavy atom. The molecule has 0 aliphatic carbocycles. The van der Waals surface area contributed by atoms with Crippen molar-refractivity contribution in [2.24, 2.45) is 5.73 Å². The Morgan fingerprint density at radius 2 is 2.19 bits per heavy atom. The first kappa shape index (κ1) is 15.6. The van der Waals surface area contributed by atoms with Crippen LogP contribution in [0.25, 0.3) is 0 Å². The van der Waals surface area contributed by atoms with Crippen LogP contribution in [0.15, 0.2) is 18.2 Å². The molecule has 1 aromatic rings. The molecule has 3 heteroatoms. The highest BCUT2D eigenvalue weighted by molar-refractivity contribution is 5.95. The molecule has 1 saturated heterocycles. The topological polar surface area (TPSA) is 46.3 Å². The number of amides is 1. The number of hydrogen-bond acceptors (Lipinski definition) is 2. The van der Waals surface area contributed by atoms with E-state index in [-0.39, 0.29) is 5.91 Å². The third-order valence-corrected chi connectivity index (χ3v) is 4.12. The van der Waals surface area contributed by atoms with E-state index in [1.807, 2.05) is 30.0 Å². The standard InChI is InChI=1S/C18H24N2O/c1-14-9-10-17(13-16(14)8-6-11-19)18(21)20-12-5-3-4-7-15(20)2/h9-10,13,15H,3-5,7,11-12,19H2,1-2H3. The van der Waals surface area contributed by atoms with Crippen molar-refractivity contribution in [2.45, 2.75) is 45.6 Å². The third-order valence-electron chi connectivity index (χ3n) is 4.12. The molecule has 1 aromatic carbocycles. The molecule has 1 fully saturated rings. The summed E-state index contributed by atoms with van der Waals surface area (Å²) in [7, 11) is 0. The zero-order valence-electron chi connectivity index (χ0n) is 13.0. The second-order valence-corrected chi connectivity index (χ2v) is 5.73. The fourth-order valence-corrected chi connectivity index (χ4v) is 2.78. The first-order chi connectivity index (χ1) is 10.1. The van der Waals surface area contributed by atoms with Crippen molar-refractivity contribution >= 4 is 5.91 Å². The number of carbonyl (C=O) groups excluding carboxylic acids is 1. The number of rotatable bonds is 1. The van der Waals surface area contributed by atoms with Gasteiger partial charge < -0.3 is 10.6 Å². The van der Waals surface area contributed by atoms with E-state index >= 15 is 0 Å². The highest BCUT2D eigenvalue weighted by atomic mass is 16.2. The summed E-state index contributed by atoms with van der Waals surface area (Å²) in [5, 5.41) is 0. The predicted octanol–water partition coefficient (Wildman–Crippen LogP) is 2.71. The second kappa shape index (κ2) is 7.28. The van der Waals surface area contributed by atoms with E-state index in [1.54, 1.807) is 0 Å². The molecule has 1 aliphatic rings. The Bertz CT molecular complexity index is 568. The summed E-state index contributed by atoms with van der Waals surface area (Å²) < 4.78 is 0. The molecule has 0 saturated carbocycles. The number of carbonyl (C=O) groups is 1. The number of likely N-dealkylation sites (tertiary alicyclic amines) is 1. The first-order valence-electron chi connectivity index (χ1n) is 7.74. The lowest BCUT2D eigenvalue weighted by Crippen LogP contribution is -2.38. The Labute approximate surface area is 127 Å². The fraction of sp³-hybridized carbons (Fsp3) is 0.500. The van der Waals surface area contributed by atoms with Crippen LogP contribution >= 0.6 is 0 Å². The number of nitrogens with zero attached hydrogens (tertiary/aromatic N) is 1. The Hall–Kier alpha value is -1.79. The Morgan fingerprint density at radius 1 is 1.38 bits per heavy atom. The summed E-state index contributed by atoms with van der Waals surface area (Å²) in [4.78, 5) is 14.8. The van der Waals surface area contributed by atoms with Gasteiger partial charge in [-0.1, -0.05) is 30.7 Å². The van der Waals surface area contributed by atoms with Crippen molar-refractivity contribution in [3.63, 3.8) is 0 Å². The van der Waals surface area contributed by atoms with Crippen LogP contribution in [-0.2, 0) is 0 Å². The highest BCUT2D eigenvalue weighted by Crippen LogP contribution is 2.20. The maximum atomic E-state index is 12.8. The van der Waals surface area contributed by atoms with E-state index in [2.05, 4.69) is 18.8 Å². The van der Waals surface area contributed by atoms with Gasteiger partial charge in [-0.3, -0.25) is 4.79 Å². The summed E-state index contributed by atoms with van der Waals surface area (Å²) in [5.74, 6) is 6.04. The molecule has 0 radical (unpaired) electrons. The summed E-state index contributed by atoms with van der Waals surface area (Å²) in [6, 6.07) is 6.09. The van der Waals surface area contributed by atoms with E-state index in [9.17, 15) is 4.79 Å². The van der Waals surface area contributed by atoms with Crippen LogP contribution in [0.3, 0.4) is 0 Å². The zero-order valence-corrected chi connectivity index (χ0v) is 13.0. The van der Waals surface area contributed by atoms with E-state index in [0.717, 1.165) is 36.1 Å². The third kappa shape index (κ3) is 3.86. The van der Waals surface area contributed by atoms with Crippen molar-refractivity contribution < 1.29 is 4.79 Å². The van der Waals surface area contributed by atoms with Crippen molar-refractivity contribution in [3.8, 4) is 11.8 Å². The molecule has 0 aromatic heterocycles. The lowest BCUT2D eigenvalue weighted by atomic mass is 10.0. The maximum Gasteiger partial charge on any atom is 0.254 e. The molecule has 3 nitrogen and oxygen atoms in total. The normalized spacial score (nSPS) is 18.6. The van der Waals surface area contributed by atoms with Gasteiger partial charge >= 0.3 is 0 Å². The van der Waals surface area contributed by atoms with Crippen molar-refractivity contribution in [1.29, 1.82) is 0 Å². The molecular weight excluding hydrogens is 260 g/mol. The van der Waals surface area contributed by atoms with Gasteiger partial charge in [0.25, 0.3) is 5.91 Å². The van der Waals surface area contributed by atoms with Gasteiger partial charge in [-0.2, -0.15) is 0 Å². The van der Waals surface area contributed by atoms with Gasteiger partial charge in [0.05, 0.1) is 6.54 Å². The Balaban J connectivity index is 2.26. The zero-order chi connectivity index (χ0) is 15.2. The van der Waals surface area contributed by atoms with Crippen LogP contribution in [0.4, 0.5) is 0 Å². The maximum absolute atomic E-state index is 12.8. The number of aryl methyl sites for hydroxylation is 1. The molecular formula is C18H24N2O. The van der Waals surface area contributed by atoms with Crippen molar-refractivity contribution in [1.82, 2.24) is 4.90 Å². The van der Waals surface area contributed by atoms with Gasteiger partial charge in [-0.25, -0.2) is 0 Å². The number of hydrogen-bond donors (Lipinski definition) is 1. The second-order valence-electron chi connectivity index (χ2n) is 5.73. The minimum absolute atomic E-state index is 0.125. The molecule has 21 heavy (non-hydrogen) atoms. The lowest BCUT2D eigenvalue weighted by Gasteiger charge is -2.27. The van der Waals surface area contributed by atoms with Crippen molar-refractivity contribution in [3.05, 3.63) is 34.9 Å². The highest BCUT2D eigenvalue weighted by Gasteiger charge is 2.23. The van der Waals surface area contributed by atoms with Crippen LogP contribution < -0.4 is 5.73 Å². The summed E-state index contributed by atoms with van der Waals surface area (Å²) in [6.45, 7) is 5.34. The number of benzene rings is 1. The van der Waals surface area contributed by atoms with E-state index in [0.29, 0.717) is 12.6 Å². The monoisotopic (exact) mass is 284 g/mol. The lowest BCUT2D eigenvalue weighted by molar-refractivity contribution is 0.0698. The molecule has 0 bridgehead atoms. The smallest absolute Gasteiger partial charge is 0.254 e. The van der Waals surface area contributed by atoms with E-state index < -0.39 is 0 Å². The fourth-order valence-electron chi connectivity index (χ4n) is 2.78. The molecule has 0 spiro atoms. The summed E-state index contributed by atoms with van der Waals surface area (Å²) >= 11 is 0. The first-order valence-corrected chi connectivity index (χ1v) is 7.74. The van der Waals surface area contributed by atoms with Gasteiger partial charge in [0.2, 0.25) is 0 Å². The van der Waals surface area contributed by atoms with Crippen molar-refractivity contribution in [2.75, 3.05) is 13.1 Å². The van der Waals surface area contributed by atoms with Crippen LogP contribution in [0, 0.1) is 18.8 Å². The molecule has 1 atom stereocenters. The average molecular weight is 284 g/mol. The van der Waals surface area contributed by atoms with Gasteiger partial charge in [0, 0.05) is 23.7 Å². The van der Waals surface area contributed by atoms with Gasteiger partial charge in [-0.15, -0.1) is 0 Å². The van der Waals surface area contributed by atoms with Crippen LogP contribution in [-0.4, -0.2) is 29.9 Å². The SMILES string of the molecule is Cc1ccc(C(=O)N2CCCCCC2C)cc1C#CCN. The molecule has 112 valence electrons. The van der Waals surface area contributed by atoms with E-state index in [4.69, 9.17) is 5.73 Å². The van der Waals surface area contributed by atoms with Gasteiger partial charge in [0.15, 0.2) is 0 Å². The van der Waals surface area contributed by atoms with Gasteiger partial charge in [0.1, 0.15) is 0 Å². The quantitative estimate of drug-likeness (QED) is 0.806. The minimum atomic E-state index is 0.125. The molecule has 1 heterocycles. The predicted molar refractivity (Wildman–Crippen MR) is 86.1 cm³/mol. The summed E-state index contributed by atoms with van der Waals surface area (Å²) in [6.07, 6.45) is 4.63. The molecule has 2 N–H and O–H groups in total. The Kier molecular flexibility index (Phi) is 5.41. The molecule has 1 amide bonds. The van der Waals surface area contributed by atoms with Crippen LogP contribution in [0.5, 0.6) is 0 Å². The largest absolute Gasteiger partial charge is 0.336 e. The average Bonchev–Trinajstić information content (AvgIpc) is 2.70. The van der Waals surface area contributed by atoms with Crippen LogP contribution in [0.1, 0.15) is 54.1 Å². The van der Waals surface area contributed by atoms with Gasteiger partial charge in [-0.05, 0) is 44.4 Å². The molecule has 2 rings (SSSR count). The minimum Gasteiger partial charge on any atom is -0.336 e. The molecule has 1 aliphatic heterocycles. The summed E-state index contributed by atoms with van der Waals surface area (Å²) in [5.41, 5.74) is 8.14. The van der Waals surface area contributed by atoms with E-state index in [1.165, 1.54) is 12.8 Å². The number of nitrogens with two attached hydrogens (primary N) is 1. The van der Waals surface area contributed by atoms with Crippen LogP contribution in [0.2, 0.25) is 0 Å².